The van der Waals surface area contributed by atoms with Crippen LogP contribution in [0.4, 0.5) is 5.69 Å². The number of nitrogens with one attached hydrogen (secondary N) is 2. The molecule has 0 radical (unpaired) electrons. The SMILES string of the molecule is CN1CCC(NC2C(=O)Nc3cc(Br)ccc32)CC1. The summed E-state index contributed by atoms with van der Waals surface area (Å²) in [5, 5.41) is 6.45. The van der Waals surface area contributed by atoms with E-state index < -0.39 is 0 Å². The third-order valence-electron chi connectivity index (χ3n) is 3.97. The first kappa shape index (κ1) is 13.1. The quantitative estimate of drug-likeness (QED) is 0.876. The van der Waals surface area contributed by atoms with Gasteiger partial charge in [-0.15, -0.1) is 0 Å². The van der Waals surface area contributed by atoms with Crippen molar-refractivity contribution in [1.82, 2.24) is 10.2 Å². The lowest BCUT2D eigenvalue weighted by molar-refractivity contribution is -0.118. The molecule has 0 aliphatic carbocycles. The van der Waals surface area contributed by atoms with Gasteiger partial charge >= 0.3 is 0 Å². The molecule has 0 saturated carbocycles. The molecule has 19 heavy (non-hydrogen) atoms. The molecule has 1 unspecified atom stereocenters. The fourth-order valence-corrected chi connectivity index (χ4v) is 3.17. The molecule has 4 nitrogen and oxygen atoms in total. The highest BCUT2D eigenvalue weighted by Crippen LogP contribution is 2.33. The zero-order chi connectivity index (χ0) is 13.4. The number of benzene rings is 1. The van der Waals surface area contributed by atoms with Crippen molar-refractivity contribution < 1.29 is 4.79 Å². The van der Waals surface area contributed by atoms with Crippen molar-refractivity contribution in [3.8, 4) is 0 Å². The molecule has 102 valence electrons. The maximum atomic E-state index is 12.1. The molecule has 5 heteroatoms. The average Bonchev–Trinajstić information content (AvgIpc) is 2.68. The van der Waals surface area contributed by atoms with Gasteiger partial charge in [-0.1, -0.05) is 22.0 Å². The van der Waals surface area contributed by atoms with Crippen LogP contribution in [0, 0.1) is 0 Å². The molecule has 2 aliphatic heterocycles. The van der Waals surface area contributed by atoms with Crippen molar-refractivity contribution in [3.63, 3.8) is 0 Å². The van der Waals surface area contributed by atoms with E-state index in [9.17, 15) is 4.79 Å². The highest BCUT2D eigenvalue weighted by Gasteiger charge is 2.32. The normalized spacial score (nSPS) is 24.3. The summed E-state index contributed by atoms with van der Waals surface area (Å²) < 4.78 is 0.992. The van der Waals surface area contributed by atoms with Gasteiger partial charge in [0.05, 0.1) is 0 Å². The standard InChI is InChI=1S/C14H18BrN3O/c1-18-6-4-10(5-7-18)16-13-11-3-2-9(15)8-12(11)17-14(13)19/h2-3,8,10,13,16H,4-7H2,1H3,(H,17,19). The number of halogens is 1. The summed E-state index contributed by atoms with van der Waals surface area (Å²) in [4.78, 5) is 14.4. The number of hydrogen-bond acceptors (Lipinski definition) is 3. The van der Waals surface area contributed by atoms with Crippen LogP contribution in [0.1, 0.15) is 24.4 Å². The van der Waals surface area contributed by atoms with E-state index in [2.05, 4.69) is 38.5 Å². The van der Waals surface area contributed by atoms with E-state index in [1.165, 1.54) is 0 Å². The Bertz CT molecular complexity index is 497. The Labute approximate surface area is 121 Å². The number of hydrogen-bond donors (Lipinski definition) is 2. The molecule has 1 atom stereocenters. The van der Waals surface area contributed by atoms with Crippen molar-refractivity contribution in [2.75, 3.05) is 25.5 Å². The molecule has 0 aromatic heterocycles. The number of amides is 1. The molecule has 3 rings (SSSR count). The Balaban J connectivity index is 1.73. The number of rotatable bonds is 2. The first-order chi connectivity index (χ1) is 9.13. The minimum atomic E-state index is -0.198. The van der Waals surface area contributed by atoms with E-state index >= 15 is 0 Å². The van der Waals surface area contributed by atoms with Crippen LogP contribution in [0.25, 0.3) is 0 Å². The lowest BCUT2D eigenvalue weighted by atomic mass is 10.0. The lowest BCUT2D eigenvalue weighted by Crippen LogP contribution is -2.43. The van der Waals surface area contributed by atoms with Crippen molar-refractivity contribution in [3.05, 3.63) is 28.2 Å². The molecule has 0 spiro atoms. The van der Waals surface area contributed by atoms with E-state index in [1.54, 1.807) is 0 Å². The van der Waals surface area contributed by atoms with Gasteiger partial charge in [-0.3, -0.25) is 10.1 Å². The average molecular weight is 324 g/mol. The van der Waals surface area contributed by atoms with Crippen LogP contribution in [-0.2, 0) is 4.79 Å². The second kappa shape index (κ2) is 5.23. The van der Waals surface area contributed by atoms with E-state index in [0.29, 0.717) is 6.04 Å². The molecular formula is C14H18BrN3O. The Kier molecular flexibility index (Phi) is 3.60. The summed E-state index contributed by atoms with van der Waals surface area (Å²) in [7, 11) is 2.14. The maximum Gasteiger partial charge on any atom is 0.246 e. The van der Waals surface area contributed by atoms with Crippen LogP contribution >= 0.6 is 15.9 Å². The summed E-state index contributed by atoms with van der Waals surface area (Å²) in [6.45, 7) is 2.19. The Hall–Kier alpha value is -0.910. The monoisotopic (exact) mass is 323 g/mol. The van der Waals surface area contributed by atoms with E-state index in [-0.39, 0.29) is 11.9 Å². The highest BCUT2D eigenvalue weighted by atomic mass is 79.9. The second-order valence-electron chi connectivity index (χ2n) is 5.40. The van der Waals surface area contributed by atoms with Crippen LogP contribution in [0.2, 0.25) is 0 Å². The highest BCUT2D eigenvalue weighted by molar-refractivity contribution is 9.10. The third kappa shape index (κ3) is 2.68. The Morgan fingerprint density at radius 3 is 2.84 bits per heavy atom. The van der Waals surface area contributed by atoms with Gasteiger partial charge in [-0.25, -0.2) is 0 Å². The van der Waals surface area contributed by atoms with Crippen LogP contribution in [0.5, 0.6) is 0 Å². The van der Waals surface area contributed by atoms with Gasteiger partial charge in [0.25, 0.3) is 0 Å². The van der Waals surface area contributed by atoms with Gasteiger partial charge in [-0.2, -0.15) is 0 Å². The summed E-state index contributed by atoms with van der Waals surface area (Å²) >= 11 is 3.43. The zero-order valence-electron chi connectivity index (χ0n) is 10.9. The number of carbonyl (C=O) groups is 1. The first-order valence-electron chi connectivity index (χ1n) is 6.68. The molecule has 1 aromatic rings. The number of likely N-dealkylation sites (tertiary alicyclic amines) is 1. The van der Waals surface area contributed by atoms with Crippen LogP contribution in [-0.4, -0.2) is 37.0 Å². The van der Waals surface area contributed by atoms with Crippen molar-refractivity contribution in [1.29, 1.82) is 0 Å². The second-order valence-corrected chi connectivity index (χ2v) is 6.31. The molecule has 0 bridgehead atoms. The molecule has 2 heterocycles. The van der Waals surface area contributed by atoms with Gasteiger partial charge in [-0.05, 0) is 45.1 Å². The van der Waals surface area contributed by atoms with Gasteiger partial charge < -0.3 is 10.2 Å². The van der Waals surface area contributed by atoms with Crippen molar-refractivity contribution >= 4 is 27.5 Å². The Morgan fingerprint density at radius 2 is 2.11 bits per heavy atom. The van der Waals surface area contributed by atoms with Crippen LogP contribution < -0.4 is 10.6 Å². The van der Waals surface area contributed by atoms with Crippen LogP contribution in [0.15, 0.2) is 22.7 Å². The van der Waals surface area contributed by atoms with E-state index in [0.717, 1.165) is 41.7 Å². The zero-order valence-corrected chi connectivity index (χ0v) is 12.5. The summed E-state index contributed by atoms with van der Waals surface area (Å²) in [5.41, 5.74) is 1.98. The van der Waals surface area contributed by atoms with Crippen molar-refractivity contribution in [2.24, 2.45) is 0 Å². The predicted octanol–water partition coefficient (Wildman–Crippen LogP) is 2.13. The molecule has 2 aliphatic rings. The summed E-state index contributed by atoms with van der Waals surface area (Å²) in [6.07, 6.45) is 2.21. The van der Waals surface area contributed by atoms with E-state index in [4.69, 9.17) is 0 Å². The van der Waals surface area contributed by atoms with Crippen molar-refractivity contribution in [2.45, 2.75) is 24.9 Å². The fraction of sp³-hybridized carbons (Fsp3) is 0.500. The number of nitrogens with zero attached hydrogens (tertiary/aromatic N) is 1. The predicted molar refractivity (Wildman–Crippen MR) is 79.2 cm³/mol. The first-order valence-corrected chi connectivity index (χ1v) is 7.48. The lowest BCUT2D eigenvalue weighted by Gasteiger charge is -2.31. The largest absolute Gasteiger partial charge is 0.324 e. The topological polar surface area (TPSA) is 44.4 Å². The molecule has 1 amide bonds. The summed E-state index contributed by atoms with van der Waals surface area (Å²) in [6, 6.07) is 6.20. The number of fused-ring (bicyclic) bond motifs is 1. The Morgan fingerprint density at radius 1 is 1.37 bits per heavy atom. The molecular weight excluding hydrogens is 306 g/mol. The van der Waals surface area contributed by atoms with Crippen LogP contribution in [0.3, 0.4) is 0 Å². The minimum Gasteiger partial charge on any atom is -0.324 e. The van der Waals surface area contributed by atoms with Gasteiger partial charge in [0.15, 0.2) is 0 Å². The van der Waals surface area contributed by atoms with E-state index in [1.807, 2.05) is 18.2 Å². The smallest absolute Gasteiger partial charge is 0.246 e. The van der Waals surface area contributed by atoms with Gasteiger partial charge in [0.2, 0.25) is 5.91 Å². The fourth-order valence-electron chi connectivity index (χ4n) is 2.81. The third-order valence-corrected chi connectivity index (χ3v) is 4.46. The maximum absolute atomic E-state index is 12.1. The molecule has 1 fully saturated rings. The number of piperidine rings is 1. The molecule has 1 aromatic carbocycles. The number of anilines is 1. The summed E-state index contributed by atoms with van der Waals surface area (Å²) in [5.74, 6) is 0.0621. The molecule has 1 saturated heterocycles. The number of carbonyl (C=O) groups excluding carboxylic acids is 1. The molecule has 2 N–H and O–H groups in total. The van der Waals surface area contributed by atoms with Gasteiger partial charge in [0.1, 0.15) is 6.04 Å². The minimum absolute atomic E-state index is 0.0621. The van der Waals surface area contributed by atoms with Gasteiger partial charge in [0, 0.05) is 21.8 Å².